The van der Waals surface area contributed by atoms with Crippen LogP contribution in [0.3, 0.4) is 0 Å². The van der Waals surface area contributed by atoms with Gasteiger partial charge < -0.3 is 15.8 Å². The van der Waals surface area contributed by atoms with Gasteiger partial charge in [0.15, 0.2) is 0 Å². The van der Waals surface area contributed by atoms with Crippen molar-refractivity contribution in [3.63, 3.8) is 0 Å². The van der Waals surface area contributed by atoms with Crippen LogP contribution >= 0.6 is 11.8 Å². The van der Waals surface area contributed by atoms with Crippen molar-refractivity contribution in [1.82, 2.24) is 9.97 Å². The number of nitrogens with zero attached hydrogens (tertiary/aromatic N) is 2. The van der Waals surface area contributed by atoms with Crippen molar-refractivity contribution in [1.29, 1.82) is 0 Å². The Morgan fingerprint density at radius 1 is 1.18 bits per heavy atom. The lowest BCUT2D eigenvalue weighted by atomic mass is 9.99. The zero-order valence-corrected chi connectivity index (χ0v) is 19.7. The van der Waals surface area contributed by atoms with E-state index in [-0.39, 0.29) is 11.3 Å². The monoisotopic (exact) mass is 492 g/mol. The van der Waals surface area contributed by atoms with Gasteiger partial charge in [-0.05, 0) is 49.8 Å². The molecule has 1 aliphatic heterocycles. The van der Waals surface area contributed by atoms with Crippen LogP contribution in [-0.4, -0.2) is 28.6 Å². The van der Waals surface area contributed by atoms with E-state index in [1.54, 1.807) is 21.0 Å². The number of nitrogens with one attached hydrogen (secondary N) is 1. The van der Waals surface area contributed by atoms with Gasteiger partial charge >= 0.3 is 6.18 Å². The van der Waals surface area contributed by atoms with E-state index in [4.69, 9.17) is 10.5 Å². The first-order valence-electron chi connectivity index (χ1n) is 10.6. The lowest BCUT2D eigenvalue weighted by Gasteiger charge is -2.21. The number of rotatable bonds is 5. The van der Waals surface area contributed by atoms with Crippen LogP contribution in [0.5, 0.6) is 5.75 Å². The molecule has 0 aliphatic carbocycles. The Kier molecular flexibility index (Phi) is 6.62. The minimum Gasteiger partial charge on any atom is -0.496 e. The molecular formula is C24H24F4N4OS. The number of halogens is 4. The molecule has 34 heavy (non-hydrogen) atoms. The molecule has 0 spiro atoms. The Morgan fingerprint density at radius 3 is 2.59 bits per heavy atom. The van der Waals surface area contributed by atoms with Crippen molar-refractivity contribution < 1.29 is 22.3 Å². The number of hydrogen-bond donors (Lipinski definition) is 2. The number of methoxy groups -OCH3 is 1. The normalized spacial score (nSPS) is 15.2. The Bertz CT molecular complexity index is 1280. The standard InChI is InChI=1S/C24H24F4N4OS/c1-12(16-8-15(29)9-19(22(16)25)24(26,27)28)30-23-18-10-17(14-4-6-34-7-5-14)21(33-3)11-20(18)31-13(2)32-23/h4,8-12H,5-7,29H2,1-3H3,(H,30,31,32)/t12-/m1/s1. The number of aryl methyl sites for hydroxylation is 1. The van der Waals surface area contributed by atoms with Crippen LogP contribution in [0.25, 0.3) is 16.5 Å². The van der Waals surface area contributed by atoms with E-state index in [1.165, 1.54) is 6.07 Å². The Labute approximate surface area is 198 Å². The van der Waals surface area contributed by atoms with E-state index < -0.39 is 23.6 Å². The molecule has 10 heteroatoms. The van der Waals surface area contributed by atoms with Crippen molar-refractivity contribution >= 4 is 39.7 Å². The van der Waals surface area contributed by atoms with Crippen molar-refractivity contribution in [2.24, 2.45) is 0 Å². The number of thioether (sulfide) groups is 1. The maximum Gasteiger partial charge on any atom is 0.419 e. The number of ether oxygens (including phenoxy) is 1. The molecule has 0 unspecified atom stereocenters. The molecule has 2 heterocycles. The fourth-order valence-corrected chi connectivity index (χ4v) is 4.90. The smallest absolute Gasteiger partial charge is 0.419 e. The largest absolute Gasteiger partial charge is 0.496 e. The number of aromatic nitrogens is 2. The molecule has 5 nitrogen and oxygen atoms in total. The van der Waals surface area contributed by atoms with Crippen molar-refractivity contribution in [2.45, 2.75) is 32.5 Å². The number of hydrogen-bond acceptors (Lipinski definition) is 6. The average Bonchev–Trinajstić information content (AvgIpc) is 2.79. The van der Waals surface area contributed by atoms with E-state index in [9.17, 15) is 17.6 Å². The second-order valence-corrected chi connectivity index (χ2v) is 9.23. The summed E-state index contributed by atoms with van der Waals surface area (Å²) in [4.78, 5) is 8.96. The van der Waals surface area contributed by atoms with E-state index in [1.807, 2.05) is 23.9 Å². The number of benzene rings is 2. The topological polar surface area (TPSA) is 73.1 Å². The van der Waals surface area contributed by atoms with Gasteiger partial charge in [-0.2, -0.15) is 24.9 Å². The fourth-order valence-electron chi connectivity index (χ4n) is 4.05. The number of allylic oxidation sites excluding steroid dienone is 1. The van der Waals surface area contributed by atoms with Crippen LogP contribution in [0.2, 0.25) is 0 Å². The number of anilines is 2. The van der Waals surface area contributed by atoms with Crippen LogP contribution in [0.1, 0.15) is 41.9 Å². The highest BCUT2D eigenvalue weighted by Gasteiger charge is 2.36. The molecule has 0 saturated heterocycles. The quantitative estimate of drug-likeness (QED) is 0.318. The molecule has 3 N–H and O–H groups in total. The van der Waals surface area contributed by atoms with Gasteiger partial charge in [0.2, 0.25) is 0 Å². The summed E-state index contributed by atoms with van der Waals surface area (Å²) in [6.07, 6.45) is -1.82. The average molecular weight is 493 g/mol. The summed E-state index contributed by atoms with van der Waals surface area (Å²) in [5.41, 5.74) is 6.57. The first-order valence-corrected chi connectivity index (χ1v) is 11.8. The Morgan fingerprint density at radius 2 is 1.94 bits per heavy atom. The third kappa shape index (κ3) is 4.77. The molecule has 0 amide bonds. The fraction of sp³-hybridized carbons (Fsp3) is 0.333. The van der Waals surface area contributed by atoms with Gasteiger partial charge in [-0.25, -0.2) is 14.4 Å². The second-order valence-electron chi connectivity index (χ2n) is 8.08. The summed E-state index contributed by atoms with van der Waals surface area (Å²) in [7, 11) is 1.60. The third-order valence-corrected chi connectivity index (χ3v) is 6.58. The molecule has 4 rings (SSSR count). The zero-order valence-electron chi connectivity index (χ0n) is 18.9. The molecule has 0 fully saturated rings. The highest BCUT2D eigenvalue weighted by Crippen LogP contribution is 2.39. The van der Waals surface area contributed by atoms with Crippen LogP contribution in [0.15, 0.2) is 30.3 Å². The van der Waals surface area contributed by atoms with Crippen molar-refractivity contribution in [3.8, 4) is 5.75 Å². The molecular weight excluding hydrogens is 468 g/mol. The van der Waals surface area contributed by atoms with E-state index in [2.05, 4.69) is 21.4 Å². The third-order valence-electron chi connectivity index (χ3n) is 5.69. The van der Waals surface area contributed by atoms with Gasteiger partial charge in [0, 0.05) is 34.0 Å². The molecule has 0 bridgehead atoms. The number of alkyl halides is 3. The predicted octanol–water partition coefficient (Wildman–Crippen LogP) is 6.38. The van der Waals surface area contributed by atoms with Gasteiger partial charge in [-0.3, -0.25) is 0 Å². The number of fused-ring (bicyclic) bond motifs is 1. The van der Waals surface area contributed by atoms with E-state index >= 15 is 0 Å². The molecule has 180 valence electrons. The number of nitrogens with two attached hydrogens (primary N) is 1. The zero-order chi connectivity index (χ0) is 24.6. The van der Waals surface area contributed by atoms with Gasteiger partial charge in [0.1, 0.15) is 23.2 Å². The van der Waals surface area contributed by atoms with Crippen LogP contribution in [0.4, 0.5) is 29.1 Å². The van der Waals surface area contributed by atoms with Gasteiger partial charge in [0.25, 0.3) is 0 Å². The highest BCUT2D eigenvalue weighted by molar-refractivity contribution is 7.99. The lowest BCUT2D eigenvalue weighted by molar-refractivity contribution is -0.140. The highest BCUT2D eigenvalue weighted by atomic mass is 32.2. The van der Waals surface area contributed by atoms with Crippen LogP contribution in [0, 0.1) is 12.7 Å². The lowest BCUT2D eigenvalue weighted by Crippen LogP contribution is -2.16. The first kappa shape index (κ1) is 24.1. The minimum atomic E-state index is -4.86. The summed E-state index contributed by atoms with van der Waals surface area (Å²) in [6.45, 7) is 3.27. The maximum absolute atomic E-state index is 14.8. The molecule has 2 aromatic carbocycles. The van der Waals surface area contributed by atoms with Gasteiger partial charge in [0.05, 0.1) is 24.2 Å². The Balaban J connectivity index is 1.81. The Hall–Kier alpha value is -3.01. The van der Waals surface area contributed by atoms with Gasteiger partial charge in [-0.1, -0.05) is 6.08 Å². The molecule has 0 saturated carbocycles. The maximum atomic E-state index is 14.8. The van der Waals surface area contributed by atoms with E-state index in [0.717, 1.165) is 29.1 Å². The van der Waals surface area contributed by atoms with E-state index in [0.29, 0.717) is 34.4 Å². The summed E-state index contributed by atoms with van der Waals surface area (Å²) in [6, 6.07) is 4.70. The molecule has 1 atom stereocenters. The number of nitrogen functional groups attached to an aromatic ring is 1. The summed E-state index contributed by atoms with van der Waals surface area (Å²) in [5, 5.41) is 3.74. The van der Waals surface area contributed by atoms with Crippen molar-refractivity contribution in [3.05, 3.63) is 58.7 Å². The molecule has 1 aliphatic rings. The molecule has 3 aromatic rings. The SMILES string of the molecule is COc1cc2nc(C)nc(N[C@H](C)c3cc(N)cc(C(F)(F)F)c3F)c2cc1C1=CCSCC1. The predicted molar refractivity (Wildman–Crippen MR) is 129 cm³/mol. The summed E-state index contributed by atoms with van der Waals surface area (Å²) in [5.74, 6) is 2.06. The summed E-state index contributed by atoms with van der Waals surface area (Å²) < 4.78 is 60.3. The minimum absolute atomic E-state index is 0.171. The molecule has 1 aromatic heterocycles. The molecule has 0 radical (unpaired) electrons. The van der Waals surface area contributed by atoms with Crippen LogP contribution in [-0.2, 0) is 6.18 Å². The van der Waals surface area contributed by atoms with Crippen molar-refractivity contribution in [2.75, 3.05) is 29.7 Å². The van der Waals surface area contributed by atoms with Crippen LogP contribution < -0.4 is 15.8 Å². The first-order chi connectivity index (χ1) is 16.1. The second kappa shape index (κ2) is 9.32. The summed E-state index contributed by atoms with van der Waals surface area (Å²) >= 11 is 1.85. The van der Waals surface area contributed by atoms with Gasteiger partial charge in [-0.15, -0.1) is 0 Å².